The fourth-order valence-electron chi connectivity index (χ4n) is 1.51. The molecular formula is C13H20BrNO2S. The summed E-state index contributed by atoms with van der Waals surface area (Å²) >= 11 is 3.52. The van der Waals surface area contributed by atoms with Crippen molar-refractivity contribution in [1.29, 1.82) is 0 Å². The van der Waals surface area contributed by atoms with E-state index in [-0.39, 0.29) is 5.25 Å². The van der Waals surface area contributed by atoms with Crippen LogP contribution in [0.25, 0.3) is 0 Å². The Morgan fingerprint density at radius 3 is 2.83 bits per heavy atom. The van der Waals surface area contributed by atoms with Gasteiger partial charge in [0.25, 0.3) is 0 Å². The summed E-state index contributed by atoms with van der Waals surface area (Å²) in [6, 6.07) is 5.92. The quantitative estimate of drug-likeness (QED) is 0.779. The monoisotopic (exact) mass is 333 g/mol. The average Bonchev–Trinajstić information content (AvgIpc) is 2.36. The molecule has 0 aromatic heterocycles. The van der Waals surface area contributed by atoms with Crippen molar-refractivity contribution in [3.05, 3.63) is 28.2 Å². The van der Waals surface area contributed by atoms with E-state index in [1.54, 1.807) is 13.4 Å². The van der Waals surface area contributed by atoms with Crippen molar-refractivity contribution in [2.75, 3.05) is 19.9 Å². The van der Waals surface area contributed by atoms with Crippen molar-refractivity contribution in [1.82, 2.24) is 5.32 Å². The van der Waals surface area contributed by atoms with Gasteiger partial charge in [0.1, 0.15) is 5.75 Å². The predicted octanol–water partition coefficient (Wildman–Crippen LogP) is 2.70. The summed E-state index contributed by atoms with van der Waals surface area (Å²) in [5, 5.41) is 3.60. The maximum atomic E-state index is 11.2. The molecule has 1 aromatic rings. The molecule has 0 aliphatic carbocycles. The van der Waals surface area contributed by atoms with E-state index in [4.69, 9.17) is 4.74 Å². The van der Waals surface area contributed by atoms with Crippen molar-refractivity contribution >= 4 is 26.7 Å². The number of halogens is 1. The lowest BCUT2D eigenvalue weighted by Crippen LogP contribution is -2.21. The van der Waals surface area contributed by atoms with Gasteiger partial charge in [0.05, 0.1) is 7.11 Å². The lowest BCUT2D eigenvalue weighted by molar-refractivity contribution is 0.414. The van der Waals surface area contributed by atoms with E-state index in [1.807, 2.05) is 25.1 Å². The molecule has 0 fully saturated rings. The van der Waals surface area contributed by atoms with Crippen LogP contribution in [0, 0.1) is 0 Å². The van der Waals surface area contributed by atoms with Crippen LogP contribution < -0.4 is 10.1 Å². The second-order valence-electron chi connectivity index (χ2n) is 4.23. The molecule has 3 nitrogen and oxygen atoms in total. The smallest absolute Gasteiger partial charge is 0.119 e. The van der Waals surface area contributed by atoms with Gasteiger partial charge in [0.2, 0.25) is 0 Å². The van der Waals surface area contributed by atoms with Gasteiger partial charge in [-0.3, -0.25) is 4.21 Å². The molecule has 0 aliphatic rings. The Morgan fingerprint density at radius 1 is 1.50 bits per heavy atom. The minimum absolute atomic E-state index is 0.242. The lowest BCUT2D eigenvalue weighted by atomic mass is 10.2. The Labute approximate surface area is 120 Å². The van der Waals surface area contributed by atoms with Crippen LogP contribution >= 0.6 is 15.9 Å². The molecule has 1 aromatic carbocycles. The summed E-state index contributed by atoms with van der Waals surface area (Å²) in [6.45, 7) is 3.66. The maximum Gasteiger partial charge on any atom is 0.119 e. The van der Waals surface area contributed by atoms with Gasteiger partial charge in [-0.15, -0.1) is 0 Å². The molecule has 1 rings (SSSR count). The van der Waals surface area contributed by atoms with Crippen molar-refractivity contribution in [3.8, 4) is 5.75 Å². The van der Waals surface area contributed by atoms with Crippen molar-refractivity contribution in [2.24, 2.45) is 0 Å². The highest BCUT2D eigenvalue weighted by atomic mass is 79.9. The van der Waals surface area contributed by atoms with E-state index in [9.17, 15) is 4.21 Å². The average molecular weight is 334 g/mol. The Balaban J connectivity index is 2.41. The summed E-state index contributed by atoms with van der Waals surface area (Å²) in [4.78, 5) is 0. The van der Waals surface area contributed by atoms with Crippen molar-refractivity contribution in [2.45, 2.75) is 25.1 Å². The number of rotatable bonds is 7. The first-order valence-electron chi connectivity index (χ1n) is 5.90. The largest absolute Gasteiger partial charge is 0.497 e. The Morgan fingerprint density at radius 2 is 2.22 bits per heavy atom. The van der Waals surface area contributed by atoms with Crippen LogP contribution in [0.2, 0.25) is 0 Å². The van der Waals surface area contributed by atoms with Gasteiger partial charge in [0, 0.05) is 33.3 Å². The molecular weight excluding hydrogens is 314 g/mol. The van der Waals surface area contributed by atoms with Gasteiger partial charge in [-0.2, -0.15) is 0 Å². The van der Waals surface area contributed by atoms with E-state index in [1.165, 1.54) is 5.56 Å². The Hall–Kier alpha value is -0.390. The Kier molecular flexibility index (Phi) is 6.89. The topological polar surface area (TPSA) is 38.3 Å². The third kappa shape index (κ3) is 5.08. The first kappa shape index (κ1) is 15.7. The third-order valence-corrected chi connectivity index (χ3v) is 5.01. The second kappa shape index (κ2) is 7.92. The summed E-state index contributed by atoms with van der Waals surface area (Å²) in [5.74, 6) is 0.859. The highest BCUT2D eigenvalue weighted by Gasteiger charge is 2.06. The molecule has 5 heteroatoms. The van der Waals surface area contributed by atoms with Crippen LogP contribution in [0.15, 0.2) is 22.7 Å². The summed E-state index contributed by atoms with van der Waals surface area (Å²) < 4.78 is 17.5. The predicted molar refractivity (Wildman–Crippen MR) is 80.5 cm³/mol. The van der Waals surface area contributed by atoms with Crippen LogP contribution in [-0.2, 0) is 17.3 Å². The van der Waals surface area contributed by atoms with Gasteiger partial charge in [-0.25, -0.2) is 0 Å². The molecule has 1 N–H and O–H groups in total. The second-order valence-corrected chi connectivity index (χ2v) is 6.89. The highest BCUT2D eigenvalue weighted by Crippen LogP contribution is 2.22. The highest BCUT2D eigenvalue weighted by molar-refractivity contribution is 9.10. The van der Waals surface area contributed by atoms with Crippen LogP contribution in [0.1, 0.15) is 18.9 Å². The molecule has 0 heterocycles. The van der Waals surface area contributed by atoms with Gasteiger partial charge >= 0.3 is 0 Å². The number of hydrogen-bond acceptors (Lipinski definition) is 3. The molecule has 2 unspecified atom stereocenters. The molecule has 0 bridgehead atoms. The first-order valence-corrected chi connectivity index (χ1v) is 8.31. The van der Waals surface area contributed by atoms with Crippen LogP contribution in [-0.4, -0.2) is 29.4 Å². The standard InChI is InChI=1S/C13H20BrNO2S/c1-10(18(3)16)6-7-15-9-11-8-12(17-2)4-5-13(11)14/h4-5,8,10,15H,6-7,9H2,1-3H3. The number of ether oxygens (including phenoxy) is 1. The molecule has 0 radical (unpaired) electrons. The van der Waals surface area contributed by atoms with Crippen molar-refractivity contribution in [3.63, 3.8) is 0 Å². The molecule has 0 aliphatic heterocycles. The van der Waals surface area contributed by atoms with Gasteiger partial charge in [-0.05, 0) is 36.7 Å². The molecule has 0 saturated heterocycles. The zero-order valence-corrected chi connectivity index (χ0v) is 13.4. The zero-order chi connectivity index (χ0) is 13.5. The van der Waals surface area contributed by atoms with Crippen LogP contribution in [0.5, 0.6) is 5.75 Å². The van der Waals surface area contributed by atoms with E-state index >= 15 is 0 Å². The number of benzene rings is 1. The molecule has 2 atom stereocenters. The SMILES string of the molecule is COc1ccc(Br)c(CNCCC(C)S(C)=O)c1. The summed E-state index contributed by atoms with van der Waals surface area (Å²) in [5.41, 5.74) is 1.17. The Bertz CT molecular complexity index is 412. The fraction of sp³-hybridized carbons (Fsp3) is 0.538. The molecule has 18 heavy (non-hydrogen) atoms. The van der Waals surface area contributed by atoms with Crippen LogP contribution in [0.3, 0.4) is 0 Å². The summed E-state index contributed by atoms with van der Waals surface area (Å²) in [7, 11) is 0.928. The minimum atomic E-state index is -0.737. The normalized spacial score (nSPS) is 14.2. The number of methoxy groups -OCH3 is 1. The van der Waals surface area contributed by atoms with Crippen molar-refractivity contribution < 1.29 is 8.95 Å². The fourth-order valence-corrected chi connectivity index (χ4v) is 2.34. The zero-order valence-electron chi connectivity index (χ0n) is 11.0. The third-order valence-electron chi connectivity index (χ3n) is 2.86. The van der Waals surface area contributed by atoms with Gasteiger partial charge in [0.15, 0.2) is 0 Å². The summed E-state index contributed by atoms with van der Waals surface area (Å²) in [6.07, 6.45) is 2.67. The van der Waals surface area contributed by atoms with E-state index in [2.05, 4.69) is 21.2 Å². The molecule has 102 valence electrons. The van der Waals surface area contributed by atoms with E-state index < -0.39 is 10.8 Å². The van der Waals surface area contributed by atoms with E-state index in [0.717, 1.165) is 29.7 Å². The van der Waals surface area contributed by atoms with Gasteiger partial charge in [-0.1, -0.05) is 22.9 Å². The number of nitrogens with one attached hydrogen (secondary N) is 1. The molecule has 0 amide bonds. The lowest BCUT2D eigenvalue weighted by Gasteiger charge is -2.11. The minimum Gasteiger partial charge on any atom is -0.497 e. The maximum absolute atomic E-state index is 11.2. The van der Waals surface area contributed by atoms with E-state index in [0.29, 0.717) is 0 Å². The van der Waals surface area contributed by atoms with Crippen LogP contribution in [0.4, 0.5) is 0 Å². The first-order chi connectivity index (χ1) is 8.54. The molecule has 0 saturated carbocycles. The molecule has 0 spiro atoms. The number of hydrogen-bond donors (Lipinski definition) is 1. The van der Waals surface area contributed by atoms with Gasteiger partial charge < -0.3 is 10.1 Å².